The first-order valence-electron chi connectivity index (χ1n) is 8.57. The number of nitrogens with zero attached hydrogens (tertiary/aromatic N) is 5. The van der Waals surface area contributed by atoms with Gasteiger partial charge in [-0.1, -0.05) is 0 Å². The maximum absolute atomic E-state index is 5.70. The van der Waals surface area contributed by atoms with E-state index in [1.165, 1.54) is 0 Å². The van der Waals surface area contributed by atoms with Crippen molar-refractivity contribution < 1.29 is 14.2 Å². The third-order valence-electron chi connectivity index (χ3n) is 4.44. The number of rotatable bonds is 6. The standard InChI is InChI=1S/C18H21N5O3/c1-13(17-21-20-12-22(17)7-8-24-2)23-6-5-19-18(23)14-3-4-15-16(11-14)26-10-9-25-15/h3-6,11-13H,7-10H2,1-2H3. The lowest BCUT2D eigenvalue weighted by Crippen LogP contribution is -2.16. The molecule has 0 saturated carbocycles. The quantitative estimate of drug-likeness (QED) is 0.674. The van der Waals surface area contributed by atoms with Gasteiger partial charge in [0.25, 0.3) is 0 Å². The zero-order valence-corrected chi connectivity index (χ0v) is 14.8. The van der Waals surface area contributed by atoms with Crippen LogP contribution in [0.4, 0.5) is 0 Å². The molecule has 0 spiro atoms. The molecule has 8 heteroatoms. The first kappa shape index (κ1) is 16.6. The van der Waals surface area contributed by atoms with Gasteiger partial charge in [0.05, 0.1) is 12.6 Å². The minimum atomic E-state index is -0.0277. The van der Waals surface area contributed by atoms with Crippen LogP contribution in [0, 0.1) is 0 Å². The Morgan fingerprint density at radius 3 is 2.92 bits per heavy atom. The van der Waals surface area contributed by atoms with Gasteiger partial charge in [0.1, 0.15) is 25.4 Å². The largest absolute Gasteiger partial charge is 0.486 e. The first-order chi connectivity index (χ1) is 12.8. The van der Waals surface area contributed by atoms with Crippen LogP contribution in [0.25, 0.3) is 11.4 Å². The molecule has 136 valence electrons. The van der Waals surface area contributed by atoms with Gasteiger partial charge in [0.2, 0.25) is 0 Å². The number of hydrogen-bond acceptors (Lipinski definition) is 6. The van der Waals surface area contributed by atoms with E-state index in [0.717, 1.165) is 28.7 Å². The van der Waals surface area contributed by atoms with Crippen molar-refractivity contribution in [2.24, 2.45) is 0 Å². The minimum absolute atomic E-state index is 0.0277. The van der Waals surface area contributed by atoms with Crippen LogP contribution in [0.5, 0.6) is 11.5 Å². The van der Waals surface area contributed by atoms with Crippen molar-refractivity contribution in [2.75, 3.05) is 26.9 Å². The molecule has 2 aromatic heterocycles. The van der Waals surface area contributed by atoms with Crippen molar-refractivity contribution >= 4 is 0 Å². The lowest BCUT2D eigenvalue weighted by atomic mass is 10.1. The Morgan fingerprint density at radius 2 is 2.08 bits per heavy atom. The summed E-state index contributed by atoms with van der Waals surface area (Å²) in [5.74, 6) is 3.22. The molecule has 0 amide bonds. The number of hydrogen-bond donors (Lipinski definition) is 0. The van der Waals surface area contributed by atoms with Crippen LogP contribution in [0.1, 0.15) is 18.8 Å². The Hall–Kier alpha value is -2.87. The number of aromatic nitrogens is 5. The fraction of sp³-hybridized carbons (Fsp3) is 0.389. The molecule has 0 aliphatic carbocycles. The van der Waals surface area contributed by atoms with Crippen LogP contribution in [0.3, 0.4) is 0 Å². The lowest BCUT2D eigenvalue weighted by Gasteiger charge is -2.20. The molecule has 1 aliphatic rings. The van der Waals surface area contributed by atoms with Crippen LogP contribution in [-0.4, -0.2) is 51.2 Å². The van der Waals surface area contributed by atoms with E-state index < -0.39 is 0 Å². The Balaban J connectivity index is 1.66. The van der Waals surface area contributed by atoms with E-state index in [9.17, 15) is 0 Å². The molecule has 8 nitrogen and oxygen atoms in total. The third kappa shape index (κ3) is 3.03. The van der Waals surface area contributed by atoms with Gasteiger partial charge in [-0.15, -0.1) is 10.2 Å². The molecule has 0 N–H and O–H groups in total. The van der Waals surface area contributed by atoms with Crippen LogP contribution < -0.4 is 9.47 Å². The van der Waals surface area contributed by atoms with Gasteiger partial charge in [-0.3, -0.25) is 0 Å². The molecule has 1 atom stereocenters. The number of benzene rings is 1. The average molecular weight is 355 g/mol. The van der Waals surface area contributed by atoms with E-state index >= 15 is 0 Å². The van der Waals surface area contributed by atoms with Gasteiger partial charge >= 0.3 is 0 Å². The van der Waals surface area contributed by atoms with E-state index in [1.54, 1.807) is 19.6 Å². The lowest BCUT2D eigenvalue weighted by molar-refractivity contribution is 0.171. The topological polar surface area (TPSA) is 76.2 Å². The smallest absolute Gasteiger partial charge is 0.162 e. The Morgan fingerprint density at radius 1 is 1.23 bits per heavy atom. The fourth-order valence-electron chi connectivity index (χ4n) is 3.11. The van der Waals surface area contributed by atoms with Crippen molar-refractivity contribution in [1.82, 2.24) is 24.3 Å². The van der Waals surface area contributed by atoms with Gasteiger partial charge in [-0.05, 0) is 25.1 Å². The van der Waals surface area contributed by atoms with Gasteiger partial charge in [-0.25, -0.2) is 4.98 Å². The normalized spacial score (nSPS) is 14.4. The maximum atomic E-state index is 5.70. The van der Waals surface area contributed by atoms with Crippen LogP contribution in [-0.2, 0) is 11.3 Å². The predicted molar refractivity (Wildman–Crippen MR) is 94.4 cm³/mol. The summed E-state index contributed by atoms with van der Waals surface area (Å²) in [6.45, 7) is 4.53. The molecule has 1 unspecified atom stereocenters. The molecule has 1 aromatic carbocycles. The number of ether oxygens (including phenoxy) is 3. The van der Waals surface area contributed by atoms with Crippen molar-refractivity contribution in [1.29, 1.82) is 0 Å². The summed E-state index contributed by atoms with van der Waals surface area (Å²) in [4.78, 5) is 4.54. The molecular weight excluding hydrogens is 334 g/mol. The highest BCUT2D eigenvalue weighted by Crippen LogP contribution is 2.35. The number of fused-ring (bicyclic) bond motifs is 1. The fourth-order valence-corrected chi connectivity index (χ4v) is 3.11. The molecule has 4 rings (SSSR count). The highest BCUT2D eigenvalue weighted by atomic mass is 16.6. The summed E-state index contributed by atoms with van der Waals surface area (Å²) < 4.78 is 20.5. The first-order valence-corrected chi connectivity index (χ1v) is 8.57. The third-order valence-corrected chi connectivity index (χ3v) is 4.44. The zero-order chi connectivity index (χ0) is 17.9. The van der Waals surface area contributed by atoms with Crippen molar-refractivity contribution in [2.45, 2.75) is 19.5 Å². The molecule has 3 heterocycles. The minimum Gasteiger partial charge on any atom is -0.486 e. The van der Waals surface area contributed by atoms with Crippen LogP contribution in [0.15, 0.2) is 36.9 Å². The second kappa shape index (κ2) is 7.17. The Labute approximate surface area is 151 Å². The molecule has 0 saturated heterocycles. The van der Waals surface area contributed by atoms with Crippen LogP contribution in [0.2, 0.25) is 0 Å². The second-order valence-electron chi connectivity index (χ2n) is 6.07. The molecule has 0 radical (unpaired) electrons. The number of imidazole rings is 1. The molecule has 0 fully saturated rings. The van der Waals surface area contributed by atoms with E-state index in [2.05, 4.69) is 26.7 Å². The summed E-state index contributed by atoms with van der Waals surface area (Å²) in [5, 5.41) is 8.35. The monoisotopic (exact) mass is 355 g/mol. The average Bonchev–Trinajstić information content (AvgIpc) is 3.35. The summed E-state index contributed by atoms with van der Waals surface area (Å²) in [6, 6.07) is 5.86. The van der Waals surface area contributed by atoms with Crippen LogP contribution >= 0.6 is 0 Å². The summed E-state index contributed by atoms with van der Waals surface area (Å²) >= 11 is 0. The maximum Gasteiger partial charge on any atom is 0.162 e. The van der Waals surface area contributed by atoms with Gasteiger partial charge in [0.15, 0.2) is 17.3 Å². The molecule has 0 bridgehead atoms. The van der Waals surface area contributed by atoms with Gasteiger partial charge in [0, 0.05) is 31.6 Å². The van der Waals surface area contributed by atoms with Crippen molar-refractivity contribution in [3.63, 3.8) is 0 Å². The van der Waals surface area contributed by atoms with E-state index in [0.29, 0.717) is 26.4 Å². The molecule has 3 aromatic rings. The summed E-state index contributed by atoms with van der Waals surface area (Å²) in [5.41, 5.74) is 0.967. The summed E-state index contributed by atoms with van der Waals surface area (Å²) in [6.07, 6.45) is 5.47. The summed E-state index contributed by atoms with van der Waals surface area (Å²) in [7, 11) is 1.68. The van der Waals surface area contributed by atoms with Gasteiger partial charge in [-0.2, -0.15) is 0 Å². The second-order valence-corrected chi connectivity index (χ2v) is 6.07. The number of methoxy groups -OCH3 is 1. The van der Waals surface area contributed by atoms with E-state index in [4.69, 9.17) is 14.2 Å². The van der Waals surface area contributed by atoms with Gasteiger partial charge < -0.3 is 23.3 Å². The predicted octanol–water partition coefficient (Wildman–Crippen LogP) is 2.17. The highest BCUT2D eigenvalue weighted by molar-refractivity contribution is 5.62. The molecule has 1 aliphatic heterocycles. The van der Waals surface area contributed by atoms with E-state index in [1.807, 2.05) is 29.0 Å². The Bertz CT molecular complexity index is 889. The molecular formula is C18H21N5O3. The van der Waals surface area contributed by atoms with E-state index in [-0.39, 0.29) is 6.04 Å². The Kier molecular flexibility index (Phi) is 4.57. The highest BCUT2D eigenvalue weighted by Gasteiger charge is 2.20. The SMILES string of the molecule is COCCn1cnnc1C(C)n1ccnc1-c1ccc2c(c1)OCCO2. The zero-order valence-electron chi connectivity index (χ0n) is 14.8. The molecule has 26 heavy (non-hydrogen) atoms. The van der Waals surface area contributed by atoms with Crippen molar-refractivity contribution in [3.8, 4) is 22.9 Å². The van der Waals surface area contributed by atoms with Crippen molar-refractivity contribution in [3.05, 3.63) is 42.7 Å².